The van der Waals surface area contributed by atoms with E-state index in [2.05, 4.69) is 25.1 Å². The van der Waals surface area contributed by atoms with E-state index in [1.165, 1.54) is 35.4 Å². The molecule has 1 aromatic carbocycles. The van der Waals surface area contributed by atoms with Gasteiger partial charge in [0.05, 0.1) is 30.2 Å². The first-order valence-corrected chi connectivity index (χ1v) is 14.2. The van der Waals surface area contributed by atoms with Crippen LogP contribution in [-0.4, -0.2) is 93.9 Å². The maximum absolute atomic E-state index is 15.2. The van der Waals surface area contributed by atoms with Crippen molar-refractivity contribution in [1.29, 1.82) is 0 Å². The number of amides is 2. The summed E-state index contributed by atoms with van der Waals surface area (Å²) in [6.45, 7) is 7.92. The average Bonchev–Trinajstić information content (AvgIpc) is 3.71. The van der Waals surface area contributed by atoms with Gasteiger partial charge in [0.15, 0.2) is 5.13 Å². The number of hydrogen-bond donors (Lipinski definition) is 1. The van der Waals surface area contributed by atoms with Gasteiger partial charge in [0.25, 0.3) is 0 Å². The number of nitrogens with zero attached hydrogens (tertiary/aromatic N) is 7. The predicted octanol–water partition coefficient (Wildman–Crippen LogP) is 2.49. The van der Waals surface area contributed by atoms with Gasteiger partial charge in [-0.05, 0) is 30.0 Å². The Morgan fingerprint density at radius 2 is 2.10 bits per heavy atom. The van der Waals surface area contributed by atoms with Gasteiger partial charge in [-0.2, -0.15) is 0 Å². The summed E-state index contributed by atoms with van der Waals surface area (Å²) in [6, 6.07) is 4.89. The predicted molar refractivity (Wildman–Crippen MR) is 150 cm³/mol. The van der Waals surface area contributed by atoms with E-state index < -0.39 is 28.5 Å². The zero-order valence-electron chi connectivity index (χ0n) is 23.0. The van der Waals surface area contributed by atoms with E-state index in [0.29, 0.717) is 29.2 Å². The summed E-state index contributed by atoms with van der Waals surface area (Å²) in [7, 11) is 0. The van der Waals surface area contributed by atoms with Crippen LogP contribution in [0.5, 0.6) is 6.01 Å². The molecule has 2 fully saturated rings. The Morgan fingerprint density at radius 1 is 1.31 bits per heavy atom. The molecule has 2 atom stereocenters. The van der Waals surface area contributed by atoms with Gasteiger partial charge in [0, 0.05) is 56.4 Å². The van der Waals surface area contributed by atoms with Gasteiger partial charge in [-0.15, -0.1) is 0 Å². The Morgan fingerprint density at radius 3 is 2.79 bits per heavy atom. The molecule has 0 saturated carbocycles. The molecule has 0 aliphatic carbocycles. The molecule has 6 rings (SSSR count). The lowest BCUT2D eigenvalue weighted by Crippen LogP contribution is -2.52. The fourth-order valence-corrected chi connectivity index (χ4v) is 6.43. The van der Waals surface area contributed by atoms with E-state index in [9.17, 15) is 19.7 Å². The molecular formula is C26H29FN8O6S. The first kappa shape index (κ1) is 27.8. The van der Waals surface area contributed by atoms with E-state index in [1.807, 2.05) is 6.92 Å². The van der Waals surface area contributed by atoms with Crippen molar-refractivity contribution in [3.8, 4) is 16.5 Å². The number of rotatable bonds is 8. The Labute approximate surface area is 243 Å². The molecule has 2 saturated heterocycles. The van der Waals surface area contributed by atoms with Crippen molar-refractivity contribution in [3.05, 3.63) is 46.5 Å². The molecular weight excluding hydrogens is 571 g/mol. The molecule has 14 nitrogen and oxygen atoms in total. The van der Waals surface area contributed by atoms with Crippen LogP contribution in [0.4, 0.5) is 25.8 Å². The highest BCUT2D eigenvalue weighted by atomic mass is 32.1. The third kappa shape index (κ3) is 5.59. The van der Waals surface area contributed by atoms with E-state index in [0.717, 1.165) is 31.3 Å². The number of thiazole rings is 1. The number of fused-ring (bicyclic) bond motifs is 1. The Bertz CT molecular complexity index is 1510. The summed E-state index contributed by atoms with van der Waals surface area (Å²) >= 11 is 1.40. The summed E-state index contributed by atoms with van der Waals surface area (Å²) in [5.74, 6) is -0.908. The zero-order chi connectivity index (χ0) is 29.6. The third-order valence-electron chi connectivity index (χ3n) is 7.43. The highest BCUT2D eigenvalue weighted by Gasteiger charge is 2.42. The van der Waals surface area contributed by atoms with Gasteiger partial charge in [-0.25, -0.2) is 14.2 Å². The van der Waals surface area contributed by atoms with E-state index >= 15 is 4.39 Å². The number of cyclic esters (lactones) is 1. The molecule has 16 heteroatoms. The summed E-state index contributed by atoms with van der Waals surface area (Å²) in [5.41, 5.74) is 0.247. The molecule has 3 aromatic rings. The summed E-state index contributed by atoms with van der Waals surface area (Å²) < 4.78 is 28.1. The number of imidazole rings is 1. The normalized spacial score (nSPS) is 22.2. The Balaban J connectivity index is 1.04. The number of hydrogen-bond acceptors (Lipinski definition) is 11. The van der Waals surface area contributed by atoms with Crippen molar-refractivity contribution in [1.82, 2.24) is 24.8 Å². The molecule has 1 N–H and O–H groups in total. The molecule has 0 spiro atoms. The standard InChI is InChI=1S/C26H29FN8O6S/c1-16(36)28-10-18-12-34(25(37)40-18)17-3-4-19(20(27)9-17)21-11-29-24(42-21)32-7-5-31(6-8-32)14-26(2)15-33-13-22(35(38)39)30-23(33)41-26/h3-4,9,11,13,18H,5-8,10,12,14-15H2,1-2H3,(H,28,36). The molecule has 42 heavy (non-hydrogen) atoms. The first-order chi connectivity index (χ1) is 20.1. The molecule has 2 aromatic heterocycles. The minimum atomic E-state index is -0.583. The van der Waals surface area contributed by atoms with E-state index in [4.69, 9.17) is 9.47 Å². The highest BCUT2D eigenvalue weighted by molar-refractivity contribution is 7.18. The minimum Gasteiger partial charge on any atom is -0.442 e. The molecule has 3 aliphatic rings. The number of nitrogens with one attached hydrogen (secondary N) is 1. The molecule has 3 aliphatic heterocycles. The number of anilines is 2. The lowest BCUT2D eigenvalue weighted by Gasteiger charge is -2.37. The maximum Gasteiger partial charge on any atom is 0.415 e. The van der Waals surface area contributed by atoms with Crippen LogP contribution in [0.15, 0.2) is 30.6 Å². The van der Waals surface area contributed by atoms with Crippen molar-refractivity contribution < 1.29 is 28.4 Å². The largest absolute Gasteiger partial charge is 0.442 e. The lowest BCUT2D eigenvalue weighted by atomic mass is 10.1. The summed E-state index contributed by atoms with van der Waals surface area (Å²) in [4.78, 5) is 48.9. The fraction of sp³-hybridized carbons (Fsp3) is 0.462. The number of benzene rings is 1. The SMILES string of the molecule is CC(=O)NCC1CN(c2ccc(-c3cnc(N4CCN(CC5(C)Cn6cc([N+](=O)[O-])nc6O5)CC4)s3)c(F)c2)C(=O)O1. The Kier molecular flexibility index (Phi) is 7.18. The number of halogens is 1. The van der Waals surface area contributed by atoms with Crippen LogP contribution in [0.25, 0.3) is 10.4 Å². The molecule has 222 valence electrons. The second-order valence-electron chi connectivity index (χ2n) is 10.8. The fourth-order valence-electron chi connectivity index (χ4n) is 5.44. The van der Waals surface area contributed by atoms with Crippen LogP contribution in [0.1, 0.15) is 13.8 Å². The van der Waals surface area contributed by atoms with Crippen LogP contribution in [-0.2, 0) is 16.1 Å². The zero-order valence-corrected chi connectivity index (χ0v) is 23.8. The summed E-state index contributed by atoms with van der Waals surface area (Å²) in [6.07, 6.45) is 1.97. The van der Waals surface area contributed by atoms with Gasteiger partial charge >= 0.3 is 17.9 Å². The van der Waals surface area contributed by atoms with Crippen molar-refractivity contribution in [2.75, 3.05) is 55.6 Å². The van der Waals surface area contributed by atoms with Crippen molar-refractivity contribution in [2.45, 2.75) is 32.1 Å². The third-order valence-corrected chi connectivity index (χ3v) is 8.53. The van der Waals surface area contributed by atoms with Crippen molar-refractivity contribution >= 4 is 40.0 Å². The number of nitro groups is 1. The number of piperazine rings is 1. The Hall–Kier alpha value is -4.31. The molecule has 0 radical (unpaired) electrons. The van der Waals surface area contributed by atoms with Crippen molar-refractivity contribution in [3.63, 3.8) is 0 Å². The second-order valence-corrected chi connectivity index (χ2v) is 11.8. The number of carbonyl (C=O) groups is 2. The smallest absolute Gasteiger partial charge is 0.415 e. The lowest BCUT2D eigenvalue weighted by molar-refractivity contribution is -0.389. The van der Waals surface area contributed by atoms with Crippen LogP contribution >= 0.6 is 11.3 Å². The van der Waals surface area contributed by atoms with Gasteiger partial charge in [0.1, 0.15) is 23.7 Å². The van der Waals surface area contributed by atoms with Crippen LogP contribution in [0.2, 0.25) is 0 Å². The maximum atomic E-state index is 15.2. The van der Waals surface area contributed by atoms with Gasteiger partial charge in [0.2, 0.25) is 5.91 Å². The van der Waals surface area contributed by atoms with Crippen LogP contribution in [0.3, 0.4) is 0 Å². The highest BCUT2D eigenvalue weighted by Crippen LogP contribution is 2.36. The van der Waals surface area contributed by atoms with Crippen LogP contribution < -0.4 is 19.9 Å². The quantitative estimate of drug-likeness (QED) is 0.302. The first-order valence-electron chi connectivity index (χ1n) is 13.4. The number of ether oxygens (including phenoxy) is 2. The molecule has 2 unspecified atom stereocenters. The van der Waals surface area contributed by atoms with Gasteiger partial charge in [-0.1, -0.05) is 11.3 Å². The van der Waals surface area contributed by atoms with Gasteiger partial charge in [-0.3, -0.25) is 19.2 Å². The minimum absolute atomic E-state index is 0.196. The van der Waals surface area contributed by atoms with E-state index in [-0.39, 0.29) is 30.8 Å². The topological polar surface area (TPSA) is 148 Å². The van der Waals surface area contributed by atoms with Crippen LogP contribution in [0, 0.1) is 15.9 Å². The monoisotopic (exact) mass is 600 g/mol. The molecule has 0 bridgehead atoms. The average molecular weight is 601 g/mol. The number of aromatic nitrogens is 3. The molecule has 2 amide bonds. The summed E-state index contributed by atoms with van der Waals surface area (Å²) in [5, 5.41) is 14.4. The molecule has 5 heterocycles. The van der Waals surface area contributed by atoms with E-state index in [1.54, 1.807) is 22.9 Å². The van der Waals surface area contributed by atoms with Crippen molar-refractivity contribution in [2.24, 2.45) is 0 Å². The number of carbonyl (C=O) groups excluding carboxylic acids is 2. The van der Waals surface area contributed by atoms with Gasteiger partial charge < -0.3 is 29.8 Å². The second kappa shape index (κ2) is 10.8.